The highest BCUT2D eigenvalue weighted by Crippen LogP contribution is 2.59. The first kappa shape index (κ1) is 19.2. The zero-order chi connectivity index (χ0) is 17.0. The Morgan fingerprint density at radius 2 is 1.73 bits per heavy atom. The van der Waals surface area contributed by atoms with E-state index in [0.29, 0.717) is 5.57 Å². The summed E-state index contributed by atoms with van der Waals surface area (Å²) in [6.07, 6.45) is 9.67. The van der Waals surface area contributed by atoms with Gasteiger partial charge in [0.1, 0.15) is 6.54 Å². The first-order valence-corrected chi connectivity index (χ1v) is 8.23. The van der Waals surface area contributed by atoms with Crippen LogP contribution >= 0.6 is 15.2 Å². The minimum atomic E-state index is -5.83. The van der Waals surface area contributed by atoms with E-state index in [2.05, 4.69) is 49.6 Å². The Kier molecular flexibility index (Phi) is 6.67. The molecule has 1 aromatic heterocycles. The monoisotopic (exact) mass is 337 g/mol. The third-order valence-electron chi connectivity index (χ3n) is 1.72. The van der Waals surface area contributed by atoms with E-state index in [9.17, 15) is 28.7 Å². The van der Waals surface area contributed by atoms with Crippen molar-refractivity contribution in [3.8, 4) is 0 Å². The Morgan fingerprint density at radius 1 is 1.14 bits per heavy atom. The van der Waals surface area contributed by atoms with Gasteiger partial charge in [-0.3, -0.25) is 0 Å². The Bertz CT molecular complexity index is 591. The fourth-order valence-electron chi connectivity index (χ4n) is 0.982. The van der Waals surface area contributed by atoms with Gasteiger partial charge in [0, 0.05) is 12.8 Å². The van der Waals surface area contributed by atoms with Crippen molar-refractivity contribution in [2.24, 2.45) is 0 Å². The molecule has 1 heterocycles. The third kappa shape index (κ3) is 6.52. The Balaban J connectivity index is 2.69. The number of allylic oxidation sites excluding steroid dienone is 2. The molecular formula is C11H5N3O6P2-4. The summed E-state index contributed by atoms with van der Waals surface area (Å²) in [7, 11) is -11.7. The van der Waals surface area contributed by atoms with Gasteiger partial charge < -0.3 is 28.7 Å². The van der Waals surface area contributed by atoms with E-state index in [1.807, 2.05) is 0 Å². The van der Waals surface area contributed by atoms with Gasteiger partial charge in [-0.05, 0) is 19.9 Å². The van der Waals surface area contributed by atoms with Crippen LogP contribution in [-0.2, 0) is 9.13 Å². The van der Waals surface area contributed by atoms with Crippen molar-refractivity contribution < 1.29 is 28.7 Å². The minimum absolute atomic E-state index is 0.331. The minimum Gasteiger partial charge on any atom is -0.810 e. The summed E-state index contributed by atoms with van der Waals surface area (Å²) in [6.45, 7) is 9.14. The standard InChI is InChI=1S/C11H9N3O6P2/c1-9(2)5-3-4-6-14-8-10(12-13-14)7-11(21(15,16)17)22(18,19)20/h8H,1-2H2,(H2,15,16,17)(H2,18,19,20)/p-4. The fourth-order valence-corrected chi connectivity index (χ4v) is 2.69. The predicted octanol–water partition coefficient (Wildman–Crippen LogP) is -2.53. The number of hydrogen-bond donors (Lipinski definition) is 0. The van der Waals surface area contributed by atoms with Gasteiger partial charge in [0.05, 0.1) is 23.7 Å². The maximum atomic E-state index is 10.7. The predicted molar refractivity (Wildman–Crippen MR) is 63.4 cm³/mol. The summed E-state index contributed by atoms with van der Waals surface area (Å²) >= 11 is 0. The summed E-state index contributed by atoms with van der Waals surface area (Å²) in [5.74, 6) is 0. The van der Waals surface area contributed by atoms with Crippen LogP contribution in [0.5, 0.6) is 0 Å². The van der Waals surface area contributed by atoms with E-state index in [1.54, 1.807) is 6.42 Å². The molecular weight excluding hydrogens is 332 g/mol. The lowest BCUT2D eigenvalue weighted by atomic mass is 10.2. The molecule has 0 fully saturated rings. The molecule has 9 nitrogen and oxygen atoms in total. The average molecular weight is 337 g/mol. The van der Waals surface area contributed by atoms with Gasteiger partial charge in [-0.15, -0.1) is 5.10 Å². The van der Waals surface area contributed by atoms with Gasteiger partial charge >= 0.3 is 0 Å². The molecule has 11 heteroatoms. The molecule has 0 saturated carbocycles. The molecule has 1 aromatic rings. The number of hydrogen-bond acceptors (Lipinski definition) is 8. The SMILES string of the molecule is [CH2]C([CH2])=[C][C][C][C]n1cc([C][C](P(=O)([O-])[O-])P(=O)([O-])[O-])nn1. The van der Waals surface area contributed by atoms with Crippen molar-refractivity contribution in [2.75, 3.05) is 0 Å². The van der Waals surface area contributed by atoms with Crippen molar-refractivity contribution >= 4 is 15.2 Å². The smallest absolute Gasteiger partial charge is 0.129 e. The van der Waals surface area contributed by atoms with Crippen LogP contribution in [0, 0.1) is 51.1 Å². The quantitative estimate of drug-likeness (QED) is 0.371. The van der Waals surface area contributed by atoms with Gasteiger partial charge in [0.25, 0.3) is 0 Å². The van der Waals surface area contributed by atoms with Crippen LogP contribution in [-0.4, -0.2) is 15.0 Å². The summed E-state index contributed by atoms with van der Waals surface area (Å²) < 4.78 is 22.3. The van der Waals surface area contributed by atoms with Crippen LogP contribution in [0.2, 0.25) is 0 Å². The molecule has 1 rings (SSSR count). The van der Waals surface area contributed by atoms with Gasteiger partial charge in [-0.2, -0.15) is 0 Å². The lowest BCUT2D eigenvalue weighted by Gasteiger charge is -2.47. The highest BCUT2D eigenvalue weighted by molar-refractivity contribution is 7.72. The van der Waals surface area contributed by atoms with Crippen molar-refractivity contribution in [3.05, 3.63) is 68.6 Å². The lowest BCUT2D eigenvalue weighted by Crippen LogP contribution is -2.29. The maximum Gasteiger partial charge on any atom is 0.129 e. The van der Waals surface area contributed by atoms with E-state index in [0.717, 1.165) is 10.9 Å². The van der Waals surface area contributed by atoms with Gasteiger partial charge in [0.15, 0.2) is 0 Å². The second-order valence-electron chi connectivity index (χ2n) is 3.58. The Morgan fingerprint density at radius 3 is 2.23 bits per heavy atom. The molecule has 22 heavy (non-hydrogen) atoms. The molecule has 0 unspecified atom stereocenters. The van der Waals surface area contributed by atoms with Gasteiger partial charge in [0.2, 0.25) is 0 Å². The van der Waals surface area contributed by atoms with Crippen molar-refractivity contribution in [1.29, 1.82) is 0 Å². The largest absolute Gasteiger partial charge is 0.810 e. The molecule has 12 radical (unpaired) electrons. The number of nitrogens with zero attached hydrogens (tertiary/aromatic N) is 3. The molecule has 0 aliphatic carbocycles. The van der Waals surface area contributed by atoms with Crippen molar-refractivity contribution in [2.45, 2.75) is 0 Å². The highest BCUT2D eigenvalue weighted by Gasteiger charge is 2.21. The zero-order valence-corrected chi connectivity index (χ0v) is 12.5. The fraction of sp³-hybridized carbons (Fsp3) is 0. The van der Waals surface area contributed by atoms with Crippen molar-refractivity contribution in [3.63, 3.8) is 0 Å². The zero-order valence-electron chi connectivity index (χ0n) is 10.7. The van der Waals surface area contributed by atoms with Crippen LogP contribution in [0.3, 0.4) is 0 Å². The number of aromatic nitrogens is 3. The molecule has 0 atom stereocenters. The van der Waals surface area contributed by atoms with Crippen molar-refractivity contribution in [1.82, 2.24) is 15.0 Å². The summed E-state index contributed by atoms with van der Waals surface area (Å²) in [6, 6.07) is 0. The maximum absolute atomic E-state index is 10.7. The van der Waals surface area contributed by atoms with Gasteiger partial charge in [-0.25, -0.2) is 4.68 Å². The van der Waals surface area contributed by atoms with E-state index < -0.39 is 26.3 Å². The van der Waals surface area contributed by atoms with Gasteiger partial charge in [-0.1, -0.05) is 26.0 Å². The molecule has 0 bridgehead atoms. The van der Waals surface area contributed by atoms with E-state index in [1.165, 1.54) is 0 Å². The van der Waals surface area contributed by atoms with E-state index in [-0.39, 0.29) is 0 Å². The molecule has 0 N–H and O–H groups in total. The Labute approximate surface area is 128 Å². The molecule has 0 aromatic carbocycles. The molecule has 0 saturated heterocycles. The molecule has 0 aliphatic rings. The molecule has 0 spiro atoms. The second kappa shape index (κ2) is 7.64. The first-order chi connectivity index (χ1) is 10.00. The Hall–Kier alpha value is -0.820. The number of rotatable bonds is 8. The van der Waals surface area contributed by atoms with Crippen LogP contribution < -0.4 is 19.6 Å². The summed E-state index contributed by atoms with van der Waals surface area (Å²) in [5.41, 5.74) is -0.143. The average Bonchev–Trinajstić information content (AvgIpc) is 2.76. The van der Waals surface area contributed by atoms with Crippen LogP contribution in [0.1, 0.15) is 5.69 Å². The topological polar surface area (TPSA) is 157 Å². The van der Waals surface area contributed by atoms with Crippen LogP contribution in [0.15, 0.2) is 11.8 Å². The van der Waals surface area contributed by atoms with Crippen LogP contribution in [0.4, 0.5) is 0 Å². The normalized spacial score (nSPS) is 12.7. The molecule has 0 aliphatic heterocycles. The van der Waals surface area contributed by atoms with E-state index >= 15 is 0 Å². The number of unbranched alkanes of at least 4 members (excludes halogenated alkanes) is 1. The third-order valence-corrected chi connectivity index (χ3v) is 4.46. The first-order valence-electron chi connectivity index (χ1n) is 5.14. The van der Waals surface area contributed by atoms with E-state index in [4.69, 9.17) is 0 Å². The summed E-state index contributed by atoms with van der Waals surface area (Å²) in [4.78, 5) is 43.0. The molecule has 0 amide bonds. The van der Waals surface area contributed by atoms with Crippen LogP contribution in [0.25, 0.3) is 0 Å². The highest BCUT2D eigenvalue weighted by atomic mass is 31.2. The second-order valence-corrected chi connectivity index (χ2v) is 6.82. The summed E-state index contributed by atoms with van der Waals surface area (Å²) in [5, 5.41) is 4.75. The lowest BCUT2D eigenvalue weighted by molar-refractivity contribution is -0.322. The molecule has 114 valence electrons.